The van der Waals surface area contributed by atoms with Gasteiger partial charge in [-0.15, -0.1) is 4.72 Å². The highest BCUT2D eigenvalue weighted by Crippen LogP contribution is 2.35. The normalized spacial score (nSPS) is 12.1. The number of furan rings is 1. The number of benzene rings is 2. The number of methoxy groups -OCH3 is 1. The first kappa shape index (κ1) is 29.5. The number of nitrogens with one attached hydrogen (secondary N) is 1. The van der Waals surface area contributed by atoms with E-state index in [1.165, 1.54) is 24.4 Å². The monoisotopic (exact) mass is 572 g/mol. The maximum Gasteiger partial charge on any atom is 0.310 e. The third-order valence-corrected chi connectivity index (χ3v) is 6.98. The minimum Gasteiger partial charge on any atom is -0.598 e. The topological polar surface area (TPSA) is 106 Å². The molecule has 2 aromatic heterocycles. The number of esters is 1. The van der Waals surface area contributed by atoms with Crippen LogP contribution in [0.1, 0.15) is 36.4 Å². The van der Waals surface area contributed by atoms with Crippen LogP contribution in [-0.2, 0) is 51.8 Å². The zero-order valence-corrected chi connectivity index (χ0v) is 23.2. The molecular formula is C29H30F2N2O6S. The maximum atomic E-state index is 15.7. The Morgan fingerprint density at radius 1 is 1.10 bits per heavy atom. The summed E-state index contributed by atoms with van der Waals surface area (Å²) in [5, 5.41) is 0.706. The SMILES string of the molecule is CCOC(=O)Cc1cc(F)ccc1OCc1cc(-c2ccnc(CN[S@@+]([O-])CC)c2F)c2oc(COC)cc2c1. The van der Waals surface area contributed by atoms with Gasteiger partial charge in [0.15, 0.2) is 5.82 Å². The molecule has 2 heterocycles. The van der Waals surface area contributed by atoms with Crippen molar-refractivity contribution in [2.45, 2.75) is 40.0 Å². The Bertz CT molecular complexity index is 1480. The maximum absolute atomic E-state index is 15.7. The van der Waals surface area contributed by atoms with Gasteiger partial charge >= 0.3 is 5.97 Å². The highest BCUT2D eigenvalue weighted by molar-refractivity contribution is 7.89. The molecule has 4 rings (SSSR count). The second-order valence-electron chi connectivity index (χ2n) is 8.80. The number of nitrogens with zero attached hydrogens (tertiary/aromatic N) is 1. The highest BCUT2D eigenvalue weighted by Gasteiger charge is 2.19. The van der Waals surface area contributed by atoms with Crippen molar-refractivity contribution in [2.24, 2.45) is 0 Å². The van der Waals surface area contributed by atoms with Crippen molar-refractivity contribution in [2.75, 3.05) is 19.5 Å². The quantitative estimate of drug-likeness (QED) is 0.168. The molecule has 0 amide bonds. The number of carbonyl (C=O) groups is 1. The molecule has 40 heavy (non-hydrogen) atoms. The minimum atomic E-state index is -1.30. The average Bonchev–Trinajstić information content (AvgIpc) is 3.34. The molecular weight excluding hydrogens is 542 g/mol. The summed E-state index contributed by atoms with van der Waals surface area (Å²) in [6.07, 6.45) is 1.34. The number of halogens is 2. The summed E-state index contributed by atoms with van der Waals surface area (Å²) in [6, 6.07) is 10.9. The number of aromatic nitrogens is 1. The molecule has 0 saturated carbocycles. The van der Waals surface area contributed by atoms with Gasteiger partial charge in [-0.2, -0.15) is 0 Å². The van der Waals surface area contributed by atoms with Gasteiger partial charge in [0.25, 0.3) is 0 Å². The van der Waals surface area contributed by atoms with Gasteiger partial charge in [-0.25, -0.2) is 8.78 Å². The molecule has 0 saturated heterocycles. The first-order chi connectivity index (χ1) is 19.3. The predicted molar refractivity (Wildman–Crippen MR) is 147 cm³/mol. The molecule has 1 N–H and O–H groups in total. The molecule has 0 aliphatic carbocycles. The number of pyridine rings is 1. The Morgan fingerprint density at radius 2 is 1.93 bits per heavy atom. The Balaban J connectivity index is 1.69. The van der Waals surface area contributed by atoms with Crippen molar-refractivity contribution in [1.29, 1.82) is 0 Å². The van der Waals surface area contributed by atoms with Gasteiger partial charge < -0.3 is 23.2 Å². The van der Waals surface area contributed by atoms with Crippen LogP contribution in [-0.4, -0.2) is 35.0 Å². The van der Waals surface area contributed by atoms with Crippen LogP contribution in [0.2, 0.25) is 0 Å². The van der Waals surface area contributed by atoms with Crippen LogP contribution < -0.4 is 9.46 Å². The second kappa shape index (κ2) is 13.7. The summed E-state index contributed by atoms with van der Waals surface area (Å²) in [6.45, 7) is 3.93. The van der Waals surface area contributed by atoms with Gasteiger partial charge in [-0.3, -0.25) is 9.78 Å². The summed E-state index contributed by atoms with van der Waals surface area (Å²) < 4.78 is 66.4. The summed E-state index contributed by atoms with van der Waals surface area (Å²) >= 11 is -1.30. The van der Waals surface area contributed by atoms with E-state index in [2.05, 4.69) is 9.71 Å². The van der Waals surface area contributed by atoms with Crippen LogP contribution in [0, 0.1) is 11.6 Å². The van der Waals surface area contributed by atoms with Crippen LogP contribution in [0.4, 0.5) is 8.78 Å². The van der Waals surface area contributed by atoms with Crippen LogP contribution in [0.3, 0.4) is 0 Å². The van der Waals surface area contributed by atoms with E-state index in [1.807, 2.05) is 12.1 Å². The zero-order chi connectivity index (χ0) is 28.6. The molecule has 4 aromatic rings. The Kier molecular flexibility index (Phi) is 10.1. The lowest BCUT2D eigenvalue weighted by atomic mass is 10.00. The lowest BCUT2D eigenvalue weighted by Crippen LogP contribution is -2.25. The molecule has 0 aliphatic rings. The summed E-state index contributed by atoms with van der Waals surface area (Å²) in [5.41, 5.74) is 2.34. The lowest BCUT2D eigenvalue weighted by Gasteiger charge is -2.14. The van der Waals surface area contributed by atoms with Crippen molar-refractivity contribution >= 4 is 28.3 Å². The summed E-state index contributed by atoms with van der Waals surface area (Å²) in [4.78, 5) is 16.2. The zero-order valence-electron chi connectivity index (χ0n) is 22.4. The van der Waals surface area contributed by atoms with E-state index in [0.29, 0.717) is 44.9 Å². The fourth-order valence-electron chi connectivity index (χ4n) is 4.19. The molecule has 0 radical (unpaired) electrons. The summed E-state index contributed by atoms with van der Waals surface area (Å²) in [5.74, 6) is -0.290. The number of fused-ring (bicyclic) bond motifs is 1. The molecule has 8 nitrogen and oxygen atoms in total. The van der Waals surface area contributed by atoms with Crippen molar-refractivity contribution in [3.63, 3.8) is 0 Å². The van der Waals surface area contributed by atoms with Gasteiger partial charge in [-0.05, 0) is 61.9 Å². The Labute approximate surface area is 234 Å². The highest BCUT2D eigenvalue weighted by atomic mass is 32.2. The van der Waals surface area contributed by atoms with E-state index in [0.717, 1.165) is 0 Å². The molecule has 212 valence electrons. The van der Waals surface area contributed by atoms with Crippen LogP contribution >= 0.6 is 0 Å². The fourth-order valence-corrected chi connectivity index (χ4v) is 4.69. The molecule has 11 heteroatoms. The van der Waals surface area contributed by atoms with Crippen LogP contribution in [0.25, 0.3) is 22.1 Å². The largest absolute Gasteiger partial charge is 0.598 e. The van der Waals surface area contributed by atoms with Crippen molar-refractivity contribution in [3.8, 4) is 16.9 Å². The van der Waals surface area contributed by atoms with E-state index in [4.69, 9.17) is 18.6 Å². The van der Waals surface area contributed by atoms with E-state index >= 15 is 4.39 Å². The second-order valence-corrected chi connectivity index (χ2v) is 10.4. The van der Waals surface area contributed by atoms with Gasteiger partial charge in [0.2, 0.25) is 0 Å². The van der Waals surface area contributed by atoms with E-state index < -0.39 is 29.0 Å². The number of rotatable bonds is 13. The fraction of sp³-hybridized carbons (Fsp3) is 0.310. The smallest absolute Gasteiger partial charge is 0.310 e. The third kappa shape index (κ3) is 7.16. The molecule has 0 spiro atoms. The molecule has 0 unspecified atom stereocenters. The van der Waals surface area contributed by atoms with E-state index in [1.54, 1.807) is 33.1 Å². The molecule has 0 fully saturated rings. The van der Waals surface area contributed by atoms with E-state index in [-0.39, 0.29) is 44.0 Å². The molecule has 0 bridgehead atoms. The number of ether oxygens (including phenoxy) is 3. The number of hydrogen-bond acceptors (Lipinski definition) is 8. The van der Waals surface area contributed by atoms with Crippen molar-refractivity contribution in [3.05, 3.63) is 82.9 Å². The summed E-state index contributed by atoms with van der Waals surface area (Å²) in [7, 11) is 1.55. The minimum absolute atomic E-state index is 0.00699. The Morgan fingerprint density at radius 3 is 2.67 bits per heavy atom. The first-order valence-corrected chi connectivity index (χ1v) is 14.0. The Hall–Kier alpha value is -3.51. The predicted octanol–water partition coefficient (Wildman–Crippen LogP) is 5.38. The van der Waals surface area contributed by atoms with Gasteiger partial charge in [0.1, 0.15) is 41.9 Å². The third-order valence-electron chi connectivity index (χ3n) is 5.99. The van der Waals surface area contributed by atoms with Gasteiger partial charge in [0.05, 0.1) is 25.3 Å². The number of carbonyl (C=O) groups excluding carboxylic acids is 1. The van der Waals surface area contributed by atoms with Crippen LogP contribution in [0.15, 0.2) is 53.1 Å². The molecule has 0 aliphatic heterocycles. The van der Waals surface area contributed by atoms with E-state index in [9.17, 15) is 13.7 Å². The van der Waals surface area contributed by atoms with Crippen LogP contribution in [0.5, 0.6) is 5.75 Å². The lowest BCUT2D eigenvalue weighted by molar-refractivity contribution is -0.142. The average molecular weight is 573 g/mol. The number of hydrogen-bond donors (Lipinski definition) is 1. The molecule has 2 aromatic carbocycles. The standard InChI is InChI=1S/C29H30F2N2O6S/c1-4-37-27(34)14-19-12-21(30)6-7-26(19)38-16-18-10-20-13-22(17-36-3)39-29(20)24(11-18)23-8-9-32-25(28(23)31)15-33-40(35)5-2/h6-13,33H,4-5,14-17H2,1-3H3/t40-/m0/s1. The van der Waals surface area contributed by atoms with Crippen molar-refractivity contribution in [1.82, 2.24) is 9.71 Å². The van der Waals surface area contributed by atoms with Crippen molar-refractivity contribution < 1.29 is 36.8 Å². The first-order valence-electron chi connectivity index (χ1n) is 12.7. The van der Waals surface area contributed by atoms with Gasteiger partial charge in [0, 0.05) is 46.7 Å². The molecule has 1 atom stereocenters. The van der Waals surface area contributed by atoms with Gasteiger partial charge in [-0.1, -0.05) is 0 Å².